The Morgan fingerprint density at radius 3 is 2.06 bits per heavy atom. The lowest BCUT2D eigenvalue weighted by Crippen LogP contribution is -2.48. The normalized spacial score (nSPS) is 17.7. The maximum atomic E-state index is 13.3. The Bertz CT molecular complexity index is 991. The second-order valence-electron chi connectivity index (χ2n) is 8.90. The van der Waals surface area contributed by atoms with E-state index >= 15 is 0 Å². The molecule has 0 radical (unpaired) electrons. The van der Waals surface area contributed by atoms with E-state index in [0.29, 0.717) is 4.90 Å². The van der Waals surface area contributed by atoms with Gasteiger partial charge in [0.15, 0.2) is 0 Å². The molecular formula is C25H33N3O2S. The van der Waals surface area contributed by atoms with Crippen molar-refractivity contribution in [3.63, 3.8) is 0 Å². The predicted octanol–water partition coefficient (Wildman–Crippen LogP) is 4.13. The van der Waals surface area contributed by atoms with Gasteiger partial charge >= 0.3 is 0 Å². The molecule has 166 valence electrons. The summed E-state index contributed by atoms with van der Waals surface area (Å²) in [6, 6.07) is 17.7. The number of sulfonamides is 1. The molecule has 6 heteroatoms. The molecule has 1 aliphatic heterocycles. The Kier molecular flexibility index (Phi) is 6.39. The highest BCUT2D eigenvalue weighted by atomic mass is 32.2. The monoisotopic (exact) mass is 439 g/mol. The molecule has 2 aromatic carbocycles. The van der Waals surface area contributed by atoms with Crippen LogP contribution in [-0.2, 0) is 16.4 Å². The maximum absolute atomic E-state index is 13.3. The minimum atomic E-state index is -3.45. The summed E-state index contributed by atoms with van der Waals surface area (Å²) in [5, 5.41) is 0. The van der Waals surface area contributed by atoms with Gasteiger partial charge in [-0.05, 0) is 55.5 Å². The quantitative estimate of drug-likeness (QED) is 0.620. The van der Waals surface area contributed by atoms with Crippen LogP contribution in [0.15, 0.2) is 71.8 Å². The Morgan fingerprint density at radius 2 is 1.52 bits per heavy atom. The highest BCUT2D eigenvalue weighted by molar-refractivity contribution is 7.89. The topological polar surface area (TPSA) is 43.9 Å². The largest absolute Gasteiger partial charge is 0.378 e. The van der Waals surface area contributed by atoms with Crippen LogP contribution in [0.1, 0.15) is 31.2 Å². The predicted molar refractivity (Wildman–Crippen MR) is 127 cm³/mol. The Morgan fingerprint density at radius 1 is 0.935 bits per heavy atom. The molecule has 0 atom stereocenters. The number of hydrogen-bond donors (Lipinski definition) is 0. The van der Waals surface area contributed by atoms with Crippen molar-refractivity contribution in [2.75, 3.05) is 32.1 Å². The summed E-state index contributed by atoms with van der Waals surface area (Å²) in [7, 11) is 0.639. The van der Waals surface area contributed by atoms with E-state index in [2.05, 4.69) is 40.6 Å². The molecule has 0 unspecified atom stereocenters. The first kappa shape index (κ1) is 21.9. The first-order chi connectivity index (χ1) is 14.9. The maximum Gasteiger partial charge on any atom is 0.243 e. The van der Waals surface area contributed by atoms with Crippen LogP contribution in [0.3, 0.4) is 0 Å². The number of hydrogen-bond acceptors (Lipinski definition) is 4. The number of allylic oxidation sites excluding steroid dienone is 1. The summed E-state index contributed by atoms with van der Waals surface area (Å²) in [6.07, 6.45) is 4.47. The third-order valence-corrected chi connectivity index (χ3v) is 8.38. The standard InChI is InChI=1S/C25H33N3O2S/c1-20(19-21-9-11-22(12-10-21)26(2)3)27-17-15-24(16-18-27)28(23-13-14-23)31(29,30)25-7-5-4-6-8-25/h4-12,23-24H,1,13-19H2,2-3H3. The minimum absolute atomic E-state index is 0.0705. The van der Waals surface area contributed by atoms with Crippen LogP contribution in [0.25, 0.3) is 0 Å². The van der Waals surface area contributed by atoms with Crippen molar-refractivity contribution in [3.8, 4) is 0 Å². The molecule has 1 heterocycles. The summed E-state index contributed by atoms with van der Waals surface area (Å²) in [5.74, 6) is 0. The SMILES string of the molecule is C=C(Cc1ccc(N(C)C)cc1)N1CCC(N(C2CC2)S(=O)(=O)c2ccccc2)CC1. The van der Waals surface area contributed by atoms with Crippen molar-refractivity contribution in [1.29, 1.82) is 0 Å². The fraction of sp³-hybridized carbons (Fsp3) is 0.440. The molecule has 0 aromatic heterocycles. The number of benzene rings is 2. The van der Waals surface area contributed by atoms with E-state index in [1.165, 1.54) is 11.3 Å². The van der Waals surface area contributed by atoms with Crippen molar-refractivity contribution in [2.45, 2.75) is 49.1 Å². The van der Waals surface area contributed by atoms with Crippen molar-refractivity contribution in [3.05, 3.63) is 72.4 Å². The van der Waals surface area contributed by atoms with E-state index in [1.807, 2.05) is 24.5 Å². The van der Waals surface area contributed by atoms with Crippen LogP contribution >= 0.6 is 0 Å². The van der Waals surface area contributed by atoms with Gasteiger partial charge in [0, 0.05) is 57.1 Å². The molecule has 2 aromatic rings. The summed E-state index contributed by atoms with van der Waals surface area (Å²) in [4.78, 5) is 4.84. The van der Waals surface area contributed by atoms with E-state index in [9.17, 15) is 8.42 Å². The number of rotatable bonds is 8. The third kappa shape index (κ3) is 4.96. The van der Waals surface area contributed by atoms with Gasteiger partial charge in [-0.1, -0.05) is 36.9 Å². The Balaban J connectivity index is 1.38. The summed E-state index contributed by atoms with van der Waals surface area (Å²) < 4.78 is 28.5. The van der Waals surface area contributed by atoms with E-state index in [1.54, 1.807) is 24.3 Å². The van der Waals surface area contributed by atoms with Gasteiger partial charge in [0.1, 0.15) is 0 Å². The summed E-state index contributed by atoms with van der Waals surface area (Å²) in [6.45, 7) is 6.04. The fourth-order valence-electron chi connectivity index (χ4n) is 4.43. The van der Waals surface area contributed by atoms with Crippen molar-refractivity contribution >= 4 is 15.7 Å². The Labute approximate surface area is 187 Å². The van der Waals surface area contributed by atoms with Gasteiger partial charge in [0.2, 0.25) is 10.0 Å². The zero-order valence-electron chi connectivity index (χ0n) is 18.6. The van der Waals surface area contributed by atoms with Gasteiger partial charge in [0.25, 0.3) is 0 Å². The van der Waals surface area contributed by atoms with Gasteiger partial charge in [-0.2, -0.15) is 4.31 Å². The molecule has 1 aliphatic carbocycles. The smallest absolute Gasteiger partial charge is 0.243 e. The van der Waals surface area contributed by atoms with E-state index in [4.69, 9.17) is 0 Å². The lowest BCUT2D eigenvalue weighted by Gasteiger charge is -2.39. The van der Waals surface area contributed by atoms with Crippen LogP contribution < -0.4 is 4.90 Å². The van der Waals surface area contributed by atoms with Gasteiger partial charge in [-0.25, -0.2) is 8.42 Å². The second kappa shape index (κ2) is 9.05. The fourth-order valence-corrected chi connectivity index (χ4v) is 6.38. The number of nitrogens with zero attached hydrogens (tertiary/aromatic N) is 3. The van der Waals surface area contributed by atoms with E-state index < -0.39 is 10.0 Å². The molecule has 0 bridgehead atoms. The minimum Gasteiger partial charge on any atom is -0.378 e. The zero-order chi connectivity index (χ0) is 22.0. The molecule has 2 aliphatic rings. The molecule has 0 spiro atoms. The highest BCUT2D eigenvalue weighted by Crippen LogP contribution is 2.37. The van der Waals surface area contributed by atoms with Crippen molar-refractivity contribution < 1.29 is 8.42 Å². The molecule has 31 heavy (non-hydrogen) atoms. The summed E-state index contributed by atoms with van der Waals surface area (Å²) in [5.41, 5.74) is 3.55. The van der Waals surface area contributed by atoms with Gasteiger partial charge in [-0.3, -0.25) is 0 Å². The van der Waals surface area contributed by atoms with E-state index in [0.717, 1.165) is 50.9 Å². The molecule has 0 N–H and O–H groups in total. The number of anilines is 1. The summed E-state index contributed by atoms with van der Waals surface area (Å²) >= 11 is 0. The van der Waals surface area contributed by atoms with Crippen molar-refractivity contribution in [1.82, 2.24) is 9.21 Å². The highest BCUT2D eigenvalue weighted by Gasteiger charge is 2.43. The van der Waals surface area contributed by atoms with E-state index in [-0.39, 0.29) is 12.1 Å². The zero-order valence-corrected chi connectivity index (χ0v) is 19.4. The van der Waals surface area contributed by atoms with Crippen LogP contribution in [-0.4, -0.2) is 56.9 Å². The lowest BCUT2D eigenvalue weighted by molar-refractivity contribution is 0.182. The molecule has 4 rings (SSSR count). The van der Waals surface area contributed by atoms with Crippen LogP contribution in [0, 0.1) is 0 Å². The second-order valence-corrected chi connectivity index (χ2v) is 10.7. The first-order valence-corrected chi connectivity index (χ1v) is 12.6. The van der Waals surface area contributed by atoms with Gasteiger partial charge in [0.05, 0.1) is 4.90 Å². The first-order valence-electron chi connectivity index (χ1n) is 11.1. The Hall–Kier alpha value is -2.31. The molecular weight excluding hydrogens is 406 g/mol. The van der Waals surface area contributed by atoms with Crippen LogP contribution in [0.4, 0.5) is 5.69 Å². The lowest BCUT2D eigenvalue weighted by atomic mass is 10.0. The number of likely N-dealkylation sites (tertiary alicyclic amines) is 1. The average Bonchev–Trinajstić information content (AvgIpc) is 3.60. The van der Waals surface area contributed by atoms with Gasteiger partial charge < -0.3 is 9.80 Å². The van der Waals surface area contributed by atoms with Crippen molar-refractivity contribution in [2.24, 2.45) is 0 Å². The molecule has 5 nitrogen and oxygen atoms in total. The van der Waals surface area contributed by atoms with Gasteiger partial charge in [-0.15, -0.1) is 0 Å². The molecule has 1 saturated carbocycles. The van der Waals surface area contributed by atoms with Crippen LogP contribution in [0.2, 0.25) is 0 Å². The molecule has 1 saturated heterocycles. The third-order valence-electron chi connectivity index (χ3n) is 6.36. The average molecular weight is 440 g/mol. The molecule has 2 fully saturated rings. The number of piperidine rings is 1. The van der Waals surface area contributed by atoms with Crippen LogP contribution in [0.5, 0.6) is 0 Å². The molecule has 0 amide bonds.